The van der Waals surface area contributed by atoms with Gasteiger partial charge in [-0.1, -0.05) is 35.9 Å². The maximum Gasteiger partial charge on any atom is 0.340 e. The van der Waals surface area contributed by atoms with E-state index >= 15 is 0 Å². The van der Waals surface area contributed by atoms with Gasteiger partial charge in [0.2, 0.25) is 5.91 Å². The van der Waals surface area contributed by atoms with Gasteiger partial charge >= 0.3 is 5.97 Å². The summed E-state index contributed by atoms with van der Waals surface area (Å²) in [7, 11) is 1.62. The number of anilines is 1. The number of ether oxygens (including phenoxy) is 1. The Balaban J connectivity index is 1.45. The second kappa shape index (κ2) is 11.8. The Morgan fingerprint density at radius 1 is 1.14 bits per heavy atom. The van der Waals surface area contributed by atoms with E-state index in [0.717, 1.165) is 32.1 Å². The SMILES string of the molecule is CN1CCC/C=C\[C@H](O)[C@@H]2CC[C@H]2CN2C[C@@]3(CCCc4cc(Cl)ccc43)COc3ccc(cc32)[C@](O)(C(=O)O)CC1=O. The molecule has 1 amide bonds. The summed E-state index contributed by atoms with van der Waals surface area (Å²) < 4.78 is 6.54. The number of nitrogens with zero attached hydrogens (tertiary/aromatic N) is 2. The van der Waals surface area contributed by atoms with Crippen molar-refractivity contribution in [3.8, 4) is 5.75 Å². The van der Waals surface area contributed by atoms with Crippen molar-refractivity contribution in [2.45, 2.75) is 68.5 Å². The van der Waals surface area contributed by atoms with E-state index in [9.17, 15) is 24.9 Å². The summed E-state index contributed by atoms with van der Waals surface area (Å²) in [6.45, 7) is 2.17. The molecule has 4 aliphatic rings. The minimum Gasteiger partial charge on any atom is -0.490 e. The zero-order valence-electron chi connectivity index (χ0n) is 24.7. The fraction of sp³-hybridized carbons (Fsp3) is 0.529. The van der Waals surface area contributed by atoms with Gasteiger partial charge in [0.05, 0.1) is 24.8 Å². The van der Waals surface area contributed by atoms with Crippen LogP contribution in [0.2, 0.25) is 5.02 Å². The second-order valence-corrected chi connectivity index (χ2v) is 13.4. The van der Waals surface area contributed by atoms with Crippen LogP contribution in [0.1, 0.15) is 61.6 Å². The van der Waals surface area contributed by atoms with Gasteiger partial charge in [-0.05, 0) is 97.7 Å². The Kier molecular flexibility index (Phi) is 8.22. The molecule has 2 bridgehead atoms. The lowest BCUT2D eigenvalue weighted by atomic mass is 9.68. The number of allylic oxidation sites excluding steroid dienone is 1. The third kappa shape index (κ3) is 5.65. The fourth-order valence-corrected chi connectivity index (χ4v) is 7.72. The van der Waals surface area contributed by atoms with Gasteiger partial charge in [-0.3, -0.25) is 4.79 Å². The molecule has 0 radical (unpaired) electrons. The van der Waals surface area contributed by atoms with Crippen molar-refractivity contribution in [3.63, 3.8) is 0 Å². The zero-order chi connectivity index (χ0) is 30.4. The molecule has 5 atom stereocenters. The molecule has 1 saturated carbocycles. The maximum absolute atomic E-state index is 13.1. The number of rotatable bonds is 1. The quantitative estimate of drug-likeness (QED) is 0.404. The topological polar surface area (TPSA) is 111 Å². The summed E-state index contributed by atoms with van der Waals surface area (Å²) in [6.07, 6.45) is 8.90. The first-order chi connectivity index (χ1) is 20.6. The van der Waals surface area contributed by atoms with E-state index in [1.807, 2.05) is 18.2 Å². The highest BCUT2D eigenvalue weighted by Gasteiger charge is 2.46. The maximum atomic E-state index is 13.1. The van der Waals surface area contributed by atoms with Gasteiger partial charge in [-0.2, -0.15) is 0 Å². The number of hydrogen-bond acceptors (Lipinski definition) is 6. The smallest absolute Gasteiger partial charge is 0.340 e. The molecule has 0 saturated heterocycles. The molecule has 1 fully saturated rings. The number of carbonyl (C=O) groups is 2. The van der Waals surface area contributed by atoms with E-state index in [-0.39, 0.29) is 22.8 Å². The molecule has 3 N–H and O–H groups in total. The number of carboxylic acid groups (broad SMARTS) is 1. The number of benzene rings is 2. The number of amides is 1. The number of halogens is 1. The number of fused-ring (bicyclic) bond motifs is 4. The van der Waals surface area contributed by atoms with Gasteiger partial charge in [-0.15, -0.1) is 0 Å². The zero-order valence-corrected chi connectivity index (χ0v) is 25.4. The van der Waals surface area contributed by atoms with Crippen molar-refractivity contribution in [3.05, 3.63) is 70.3 Å². The number of hydrogen-bond donors (Lipinski definition) is 3. The summed E-state index contributed by atoms with van der Waals surface area (Å²) in [5, 5.41) is 33.6. The summed E-state index contributed by atoms with van der Waals surface area (Å²) in [5.41, 5.74) is 0.601. The van der Waals surface area contributed by atoms with Crippen molar-refractivity contribution in [1.29, 1.82) is 0 Å². The van der Waals surface area contributed by atoms with Crippen molar-refractivity contribution in [1.82, 2.24) is 4.90 Å². The molecule has 2 aromatic carbocycles. The van der Waals surface area contributed by atoms with Gasteiger partial charge in [0, 0.05) is 37.1 Å². The molecule has 2 aliphatic heterocycles. The van der Waals surface area contributed by atoms with Crippen LogP contribution in [-0.4, -0.2) is 71.5 Å². The first-order valence-electron chi connectivity index (χ1n) is 15.5. The lowest BCUT2D eigenvalue weighted by Gasteiger charge is -2.45. The number of carboxylic acids is 1. The van der Waals surface area contributed by atoms with E-state index in [2.05, 4.69) is 17.0 Å². The molecule has 1 spiro atoms. The van der Waals surface area contributed by atoms with Gasteiger partial charge in [0.25, 0.3) is 0 Å². The average molecular weight is 609 g/mol. The standard InChI is InChI=1S/C34H41ClN2O6/c1-36-15-4-2-3-7-29(38)26-11-8-23(26)19-37-20-33(14-5-6-22-16-25(35)10-12-27(22)33)21-43-30-13-9-24(17-28(30)37)34(42,32(40)41)18-31(36)39/h3,7,9-10,12-13,16-17,23,26,29,38,42H,2,4-6,8,11,14-15,18-21H2,1H3,(H,40,41)/b7-3-/t23-,26+,29-,33-,34-/m0/s1. The summed E-state index contributed by atoms with van der Waals surface area (Å²) in [5.74, 6) is -0.937. The molecule has 2 aromatic rings. The third-order valence-corrected chi connectivity index (χ3v) is 10.5. The van der Waals surface area contributed by atoms with Crippen LogP contribution in [0.5, 0.6) is 5.75 Å². The van der Waals surface area contributed by atoms with Crippen LogP contribution in [0.25, 0.3) is 0 Å². The fourth-order valence-electron chi connectivity index (χ4n) is 7.53. The van der Waals surface area contributed by atoms with Gasteiger partial charge < -0.3 is 29.9 Å². The summed E-state index contributed by atoms with van der Waals surface area (Å²) in [6, 6.07) is 11.1. The van der Waals surface area contributed by atoms with Crippen LogP contribution in [0.15, 0.2) is 48.6 Å². The van der Waals surface area contributed by atoms with E-state index < -0.39 is 30.0 Å². The Morgan fingerprint density at radius 2 is 1.98 bits per heavy atom. The van der Waals surface area contributed by atoms with Crippen molar-refractivity contribution in [2.24, 2.45) is 11.8 Å². The number of aliphatic hydroxyl groups is 2. The molecule has 9 heteroatoms. The van der Waals surface area contributed by atoms with E-state index in [4.69, 9.17) is 16.3 Å². The minimum absolute atomic E-state index is 0.122. The summed E-state index contributed by atoms with van der Waals surface area (Å²) in [4.78, 5) is 29.4. The van der Waals surface area contributed by atoms with E-state index in [1.54, 1.807) is 25.2 Å². The molecule has 2 aliphatic carbocycles. The lowest BCUT2D eigenvalue weighted by molar-refractivity contribution is -0.164. The van der Waals surface area contributed by atoms with Crippen molar-refractivity contribution >= 4 is 29.2 Å². The molecule has 8 nitrogen and oxygen atoms in total. The molecule has 6 rings (SSSR count). The van der Waals surface area contributed by atoms with Crippen molar-refractivity contribution < 1.29 is 29.6 Å². The Hall–Kier alpha value is -3.07. The Labute approximate surface area is 257 Å². The average Bonchev–Trinajstić information content (AvgIpc) is 3.11. The number of aliphatic carboxylic acids is 1. The molecule has 0 unspecified atom stereocenters. The Morgan fingerprint density at radius 3 is 2.74 bits per heavy atom. The van der Waals surface area contributed by atoms with E-state index in [1.165, 1.54) is 16.0 Å². The molecular weight excluding hydrogens is 568 g/mol. The number of aliphatic hydroxyl groups excluding tert-OH is 1. The highest BCUT2D eigenvalue weighted by Crippen LogP contribution is 2.47. The molecular formula is C34H41ClN2O6. The monoisotopic (exact) mass is 608 g/mol. The highest BCUT2D eigenvalue weighted by molar-refractivity contribution is 6.30. The first kappa shape index (κ1) is 30.0. The predicted octanol–water partition coefficient (Wildman–Crippen LogP) is 4.67. The summed E-state index contributed by atoms with van der Waals surface area (Å²) >= 11 is 6.39. The number of aryl methyl sites for hydroxylation is 1. The molecule has 43 heavy (non-hydrogen) atoms. The molecule has 2 heterocycles. The van der Waals surface area contributed by atoms with Crippen LogP contribution < -0.4 is 9.64 Å². The van der Waals surface area contributed by atoms with Crippen LogP contribution in [0.4, 0.5) is 5.69 Å². The molecule has 230 valence electrons. The van der Waals surface area contributed by atoms with Crippen LogP contribution >= 0.6 is 11.6 Å². The van der Waals surface area contributed by atoms with Crippen LogP contribution in [0.3, 0.4) is 0 Å². The first-order valence-corrected chi connectivity index (χ1v) is 15.8. The van der Waals surface area contributed by atoms with Gasteiger partial charge in [-0.25, -0.2) is 4.79 Å². The minimum atomic E-state index is -2.40. The predicted molar refractivity (Wildman–Crippen MR) is 165 cm³/mol. The van der Waals surface area contributed by atoms with Gasteiger partial charge in [0.1, 0.15) is 5.75 Å². The van der Waals surface area contributed by atoms with Crippen LogP contribution in [-0.2, 0) is 27.0 Å². The van der Waals surface area contributed by atoms with Crippen molar-refractivity contribution in [2.75, 3.05) is 38.2 Å². The number of carbonyl (C=O) groups excluding carboxylic acids is 1. The lowest BCUT2D eigenvalue weighted by Crippen LogP contribution is -2.49. The second-order valence-electron chi connectivity index (χ2n) is 13.0. The normalized spacial score (nSPS) is 32.0. The molecule has 0 aromatic heterocycles. The largest absolute Gasteiger partial charge is 0.490 e. The van der Waals surface area contributed by atoms with Gasteiger partial charge in [0.15, 0.2) is 5.60 Å². The Bertz CT molecular complexity index is 1430. The van der Waals surface area contributed by atoms with E-state index in [0.29, 0.717) is 55.5 Å². The third-order valence-electron chi connectivity index (χ3n) is 10.3. The van der Waals surface area contributed by atoms with Crippen LogP contribution in [0, 0.1) is 11.8 Å². The highest BCUT2D eigenvalue weighted by atomic mass is 35.5.